The van der Waals surface area contributed by atoms with Gasteiger partial charge in [-0.15, -0.1) is 0 Å². The van der Waals surface area contributed by atoms with Crippen molar-refractivity contribution in [2.45, 2.75) is 32.2 Å². The predicted molar refractivity (Wildman–Crippen MR) is 72.7 cm³/mol. The van der Waals surface area contributed by atoms with Crippen LogP contribution < -0.4 is 5.32 Å². The van der Waals surface area contributed by atoms with Gasteiger partial charge in [0.2, 0.25) is 5.91 Å². The Bertz CT molecular complexity index is 436. The van der Waals surface area contributed by atoms with Gasteiger partial charge in [0, 0.05) is 25.5 Å². The molecule has 1 unspecified atom stereocenters. The zero-order chi connectivity index (χ0) is 13.3. The molecule has 0 radical (unpaired) electrons. The summed E-state index contributed by atoms with van der Waals surface area (Å²) in [7, 11) is 0. The molecule has 1 aromatic rings. The van der Waals surface area contributed by atoms with Crippen molar-refractivity contribution in [3.05, 3.63) is 18.5 Å². The SMILES string of the molecule is CC(C(=O)N1CCC2(CCNCC2)C1)n1cccn1. The number of aromatic nitrogens is 2. The lowest BCUT2D eigenvalue weighted by Gasteiger charge is -2.34. The van der Waals surface area contributed by atoms with Crippen LogP contribution in [0.4, 0.5) is 0 Å². The molecule has 19 heavy (non-hydrogen) atoms. The first kappa shape index (κ1) is 12.7. The first-order valence-electron chi connectivity index (χ1n) is 7.19. The predicted octanol–water partition coefficient (Wildman–Crippen LogP) is 1.05. The average molecular weight is 262 g/mol. The van der Waals surface area contributed by atoms with Gasteiger partial charge in [-0.1, -0.05) is 0 Å². The second-order valence-electron chi connectivity index (χ2n) is 5.92. The topological polar surface area (TPSA) is 50.2 Å². The summed E-state index contributed by atoms with van der Waals surface area (Å²) in [4.78, 5) is 14.6. The number of nitrogens with one attached hydrogen (secondary N) is 1. The number of amides is 1. The molecule has 0 saturated carbocycles. The fourth-order valence-electron chi connectivity index (χ4n) is 3.38. The third kappa shape index (κ3) is 2.39. The van der Waals surface area contributed by atoms with Crippen LogP contribution in [0.25, 0.3) is 0 Å². The zero-order valence-corrected chi connectivity index (χ0v) is 11.5. The number of piperidine rings is 1. The second kappa shape index (κ2) is 4.96. The van der Waals surface area contributed by atoms with Gasteiger partial charge in [-0.05, 0) is 50.8 Å². The van der Waals surface area contributed by atoms with Crippen molar-refractivity contribution >= 4 is 5.91 Å². The molecule has 0 bridgehead atoms. The molecule has 2 aliphatic rings. The second-order valence-corrected chi connectivity index (χ2v) is 5.92. The minimum atomic E-state index is -0.188. The molecule has 1 N–H and O–H groups in total. The third-order valence-electron chi connectivity index (χ3n) is 4.69. The summed E-state index contributed by atoms with van der Waals surface area (Å²) >= 11 is 0. The van der Waals surface area contributed by atoms with E-state index in [1.165, 1.54) is 12.8 Å². The molecule has 0 aromatic carbocycles. The summed E-state index contributed by atoms with van der Waals surface area (Å²) in [6.07, 6.45) is 7.15. The zero-order valence-electron chi connectivity index (χ0n) is 11.5. The van der Waals surface area contributed by atoms with Crippen LogP contribution in [0.5, 0.6) is 0 Å². The van der Waals surface area contributed by atoms with E-state index in [1.807, 2.05) is 24.1 Å². The molecular weight excluding hydrogens is 240 g/mol. The highest BCUT2D eigenvalue weighted by Crippen LogP contribution is 2.39. The highest BCUT2D eigenvalue weighted by Gasteiger charge is 2.41. The van der Waals surface area contributed by atoms with E-state index < -0.39 is 0 Å². The number of carbonyl (C=O) groups is 1. The quantitative estimate of drug-likeness (QED) is 0.866. The number of carbonyl (C=O) groups excluding carboxylic acids is 1. The molecule has 2 saturated heterocycles. The van der Waals surface area contributed by atoms with Crippen LogP contribution in [-0.4, -0.2) is 46.8 Å². The van der Waals surface area contributed by atoms with Crippen LogP contribution in [0.1, 0.15) is 32.2 Å². The Morgan fingerprint density at radius 1 is 1.37 bits per heavy atom. The van der Waals surface area contributed by atoms with Crippen LogP contribution in [0.2, 0.25) is 0 Å². The van der Waals surface area contributed by atoms with E-state index in [2.05, 4.69) is 10.4 Å². The maximum atomic E-state index is 12.5. The summed E-state index contributed by atoms with van der Waals surface area (Å²) in [6.45, 7) is 5.96. The maximum absolute atomic E-state index is 12.5. The Kier molecular flexibility index (Phi) is 3.31. The van der Waals surface area contributed by atoms with E-state index >= 15 is 0 Å². The lowest BCUT2D eigenvalue weighted by Crippen LogP contribution is -2.41. The first-order valence-corrected chi connectivity index (χ1v) is 7.19. The molecule has 5 nitrogen and oxygen atoms in total. The molecule has 2 fully saturated rings. The van der Waals surface area contributed by atoms with Gasteiger partial charge in [0.15, 0.2) is 0 Å². The van der Waals surface area contributed by atoms with E-state index in [4.69, 9.17) is 0 Å². The van der Waals surface area contributed by atoms with Gasteiger partial charge in [-0.3, -0.25) is 9.48 Å². The Morgan fingerprint density at radius 2 is 2.16 bits per heavy atom. The van der Waals surface area contributed by atoms with Crippen LogP contribution >= 0.6 is 0 Å². The van der Waals surface area contributed by atoms with Gasteiger partial charge < -0.3 is 10.2 Å². The summed E-state index contributed by atoms with van der Waals surface area (Å²) in [5.41, 5.74) is 0.380. The first-order chi connectivity index (χ1) is 9.20. The van der Waals surface area contributed by atoms with Gasteiger partial charge in [0.1, 0.15) is 6.04 Å². The number of nitrogens with zero attached hydrogens (tertiary/aromatic N) is 3. The Labute approximate surface area is 114 Å². The molecule has 3 heterocycles. The molecule has 1 spiro atoms. The lowest BCUT2D eigenvalue weighted by atomic mass is 9.78. The number of likely N-dealkylation sites (tertiary alicyclic amines) is 1. The van der Waals surface area contributed by atoms with Crippen LogP contribution in [0.3, 0.4) is 0 Å². The minimum Gasteiger partial charge on any atom is -0.340 e. The van der Waals surface area contributed by atoms with Crippen molar-refractivity contribution in [3.63, 3.8) is 0 Å². The van der Waals surface area contributed by atoms with Gasteiger partial charge in [0.25, 0.3) is 0 Å². The Hall–Kier alpha value is -1.36. The van der Waals surface area contributed by atoms with Crippen LogP contribution in [0.15, 0.2) is 18.5 Å². The van der Waals surface area contributed by atoms with Gasteiger partial charge in [0.05, 0.1) is 0 Å². The average Bonchev–Trinajstić information content (AvgIpc) is 3.08. The van der Waals surface area contributed by atoms with Gasteiger partial charge in [-0.25, -0.2) is 0 Å². The standard InChI is InChI=1S/C14H22N4O/c1-12(18-9-2-6-16-18)13(19)17-10-5-14(11-17)3-7-15-8-4-14/h2,6,9,12,15H,3-5,7-8,10-11H2,1H3. The fourth-order valence-corrected chi connectivity index (χ4v) is 3.38. The summed E-state index contributed by atoms with van der Waals surface area (Å²) in [6, 6.07) is 1.68. The van der Waals surface area contributed by atoms with Crippen molar-refractivity contribution in [1.29, 1.82) is 0 Å². The third-order valence-corrected chi connectivity index (χ3v) is 4.69. The van der Waals surface area contributed by atoms with Crippen molar-refractivity contribution in [3.8, 4) is 0 Å². The highest BCUT2D eigenvalue weighted by atomic mass is 16.2. The molecule has 5 heteroatoms. The number of hydrogen-bond donors (Lipinski definition) is 1. The maximum Gasteiger partial charge on any atom is 0.247 e. The molecule has 1 atom stereocenters. The van der Waals surface area contributed by atoms with E-state index in [-0.39, 0.29) is 11.9 Å². The number of hydrogen-bond acceptors (Lipinski definition) is 3. The van der Waals surface area contributed by atoms with E-state index in [1.54, 1.807) is 10.9 Å². The molecule has 1 aromatic heterocycles. The van der Waals surface area contributed by atoms with E-state index in [0.717, 1.165) is 32.6 Å². The molecule has 2 aliphatic heterocycles. The molecule has 3 rings (SSSR count). The smallest absolute Gasteiger partial charge is 0.247 e. The van der Waals surface area contributed by atoms with Crippen molar-refractivity contribution < 1.29 is 4.79 Å². The van der Waals surface area contributed by atoms with Crippen molar-refractivity contribution in [2.24, 2.45) is 5.41 Å². The minimum absolute atomic E-state index is 0.188. The van der Waals surface area contributed by atoms with Gasteiger partial charge in [-0.2, -0.15) is 5.10 Å². The monoisotopic (exact) mass is 262 g/mol. The number of rotatable bonds is 2. The van der Waals surface area contributed by atoms with E-state index in [9.17, 15) is 4.79 Å². The molecular formula is C14H22N4O. The highest BCUT2D eigenvalue weighted by molar-refractivity contribution is 5.80. The largest absolute Gasteiger partial charge is 0.340 e. The van der Waals surface area contributed by atoms with E-state index in [0.29, 0.717) is 5.41 Å². The van der Waals surface area contributed by atoms with Crippen molar-refractivity contribution in [1.82, 2.24) is 20.0 Å². The van der Waals surface area contributed by atoms with Crippen molar-refractivity contribution in [2.75, 3.05) is 26.2 Å². The Morgan fingerprint density at radius 3 is 2.84 bits per heavy atom. The molecule has 0 aliphatic carbocycles. The Balaban J connectivity index is 1.65. The van der Waals surface area contributed by atoms with Crippen LogP contribution in [-0.2, 0) is 4.79 Å². The summed E-state index contributed by atoms with van der Waals surface area (Å²) in [5, 5.41) is 7.58. The fraction of sp³-hybridized carbons (Fsp3) is 0.714. The summed E-state index contributed by atoms with van der Waals surface area (Å²) in [5.74, 6) is 0.208. The van der Waals surface area contributed by atoms with Crippen LogP contribution in [0, 0.1) is 5.41 Å². The summed E-state index contributed by atoms with van der Waals surface area (Å²) < 4.78 is 1.75. The molecule has 1 amide bonds. The van der Waals surface area contributed by atoms with Gasteiger partial charge >= 0.3 is 0 Å². The lowest BCUT2D eigenvalue weighted by molar-refractivity contribution is -0.134. The molecule has 104 valence electrons. The normalized spacial score (nSPS) is 23.7.